The van der Waals surface area contributed by atoms with E-state index < -0.39 is 0 Å². The minimum absolute atomic E-state index is 0.107. The lowest BCUT2D eigenvalue weighted by atomic mass is 10.1. The van der Waals surface area contributed by atoms with Crippen LogP contribution in [-0.2, 0) is 4.79 Å². The monoisotopic (exact) mass is 351 g/mol. The molecule has 2 aromatic carbocycles. The van der Waals surface area contributed by atoms with Gasteiger partial charge in [0.25, 0.3) is 0 Å². The van der Waals surface area contributed by atoms with Crippen molar-refractivity contribution in [2.45, 2.75) is 27.2 Å². The molecular formula is C21H25N3O2. The zero-order valence-electron chi connectivity index (χ0n) is 15.5. The minimum atomic E-state index is -0.240. The van der Waals surface area contributed by atoms with E-state index >= 15 is 0 Å². The molecule has 1 heterocycles. The van der Waals surface area contributed by atoms with Gasteiger partial charge in [-0.25, -0.2) is 4.79 Å². The Morgan fingerprint density at radius 3 is 2.35 bits per heavy atom. The van der Waals surface area contributed by atoms with Crippen LogP contribution >= 0.6 is 0 Å². The van der Waals surface area contributed by atoms with Crippen molar-refractivity contribution in [3.63, 3.8) is 0 Å². The molecule has 136 valence electrons. The number of nitrogens with one attached hydrogen (secondary N) is 2. The molecule has 0 radical (unpaired) electrons. The number of carbonyl (C=O) groups is 2. The first-order chi connectivity index (χ1) is 12.4. The van der Waals surface area contributed by atoms with Crippen molar-refractivity contribution in [1.82, 2.24) is 5.32 Å². The lowest BCUT2D eigenvalue weighted by molar-refractivity contribution is -0.117. The van der Waals surface area contributed by atoms with Crippen molar-refractivity contribution < 1.29 is 9.59 Å². The number of benzene rings is 2. The van der Waals surface area contributed by atoms with Crippen molar-refractivity contribution in [3.05, 3.63) is 59.2 Å². The molecule has 2 N–H and O–H groups in total. The lowest BCUT2D eigenvalue weighted by Gasteiger charge is -2.17. The molecule has 1 fully saturated rings. The SMILES string of the molecule is Cc1ccc(N2CC(CNC(=O)Nc3cc(C)cc(C)c3)CC2=O)cc1. The van der Waals surface area contributed by atoms with Crippen molar-refractivity contribution >= 4 is 23.3 Å². The van der Waals surface area contributed by atoms with Gasteiger partial charge in [-0.2, -0.15) is 0 Å². The summed E-state index contributed by atoms with van der Waals surface area (Å²) in [6.45, 7) is 7.13. The molecule has 5 nitrogen and oxygen atoms in total. The summed E-state index contributed by atoms with van der Waals surface area (Å²) in [7, 11) is 0. The quantitative estimate of drug-likeness (QED) is 0.880. The second kappa shape index (κ2) is 7.60. The number of amides is 3. The predicted molar refractivity (Wildman–Crippen MR) is 105 cm³/mol. The largest absolute Gasteiger partial charge is 0.338 e. The summed E-state index contributed by atoms with van der Waals surface area (Å²) in [5, 5.41) is 5.74. The average molecular weight is 351 g/mol. The van der Waals surface area contributed by atoms with Crippen LogP contribution in [-0.4, -0.2) is 25.0 Å². The number of hydrogen-bond donors (Lipinski definition) is 2. The Labute approximate surface area is 154 Å². The van der Waals surface area contributed by atoms with Crippen LogP contribution < -0.4 is 15.5 Å². The number of hydrogen-bond acceptors (Lipinski definition) is 2. The second-order valence-electron chi connectivity index (χ2n) is 7.12. The summed E-state index contributed by atoms with van der Waals surface area (Å²) in [6, 6.07) is 13.6. The lowest BCUT2D eigenvalue weighted by Crippen LogP contribution is -2.34. The van der Waals surface area contributed by atoms with Gasteiger partial charge in [0.15, 0.2) is 0 Å². The molecule has 2 aromatic rings. The summed E-state index contributed by atoms with van der Waals surface area (Å²) in [5.41, 5.74) is 5.08. The first-order valence-electron chi connectivity index (χ1n) is 8.91. The molecule has 5 heteroatoms. The molecule has 0 bridgehead atoms. The minimum Gasteiger partial charge on any atom is -0.338 e. The normalized spacial score (nSPS) is 16.7. The third kappa shape index (κ3) is 4.42. The summed E-state index contributed by atoms with van der Waals surface area (Å²) in [4.78, 5) is 26.2. The standard InChI is InChI=1S/C21H25N3O2/c1-14-4-6-19(7-5-14)24-13-17(11-20(24)25)12-22-21(26)23-18-9-15(2)8-16(3)10-18/h4-10,17H,11-13H2,1-3H3,(H2,22,23,26). The number of urea groups is 1. The highest BCUT2D eigenvalue weighted by Gasteiger charge is 2.30. The smallest absolute Gasteiger partial charge is 0.319 e. The van der Waals surface area contributed by atoms with Gasteiger partial charge in [-0.3, -0.25) is 4.79 Å². The molecule has 0 aromatic heterocycles. The van der Waals surface area contributed by atoms with Gasteiger partial charge in [0, 0.05) is 36.8 Å². The van der Waals surface area contributed by atoms with E-state index in [2.05, 4.69) is 16.7 Å². The van der Waals surface area contributed by atoms with Gasteiger partial charge < -0.3 is 15.5 Å². The predicted octanol–water partition coefficient (Wildman–Crippen LogP) is 3.79. The molecule has 1 unspecified atom stereocenters. The molecule has 1 atom stereocenters. The number of rotatable bonds is 4. The van der Waals surface area contributed by atoms with E-state index in [1.807, 2.05) is 57.2 Å². The molecule has 0 saturated carbocycles. The Balaban J connectivity index is 1.52. The molecule has 26 heavy (non-hydrogen) atoms. The van der Waals surface area contributed by atoms with E-state index in [0.717, 1.165) is 22.5 Å². The third-order valence-electron chi connectivity index (χ3n) is 4.58. The zero-order chi connectivity index (χ0) is 18.7. The summed E-state index contributed by atoms with van der Waals surface area (Å²) in [6.07, 6.45) is 0.456. The maximum absolute atomic E-state index is 12.3. The first-order valence-corrected chi connectivity index (χ1v) is 8.91. The van der Waals surface area contributed by atoms with Crippen LogP contribution in [0.5, 0.6) is 0 Å². The van der Waals surface area contributed by atoms with Gasteiger partial charge in [0.1, 0.15) is 0 Å². The summed E-state index contributed by atoms with van der Waals surface area (Å²) in [5.74, 6) is 0.226. The second-order valence-corrected chi connectivity index (χ2v) is 7.12. The van der Waals surface area contributed by atoms with Crippen LogP contribution in [0.25, 0.3) is 0 Å². The van der Waals surface area contributed by atoms with Crippen molar-refractivity contribution in [2.24, 2.45) is 5.92 Å². The van der Waals surface area contributed by atoms with E-state index in [4.69, 9.17) is 0 Å². The fourth-order valence-corrected chi connectivity index (χ4v) is 3.35. The molecule has 1 aliphatic rings. The Morgan fingerprint density at radius 2 is 1.69 bits per heavy atom. The van der Waals surface area contributed by atoms with Crippen LogP contribution in [0.3, 0.4) is 0 Å². The molecule has 3 amide bonds. The van der Waals surface area contributed by atoms with Crippen molar-refractivity contribution in [2.75, 3.05) is 23.3 Å². The van der Waals surface area contributed by atoms with Crippen LogP contribution in [0.4, 0.5) is 16.2 Å². The Kier molecular flexibility index (Phi) is 5.26. The van der Waals surface area contributed by atoms with Gasteiger partial charge in [0.05, 0.1) is 0 Å². The number of carbonyl (C=O) groups excluding carboxylic acids is 2. The van der Waals surface area contributed by atoms with Crippen LogP contribution in [0.1, 0.15) is 23.1 Å². The maximum Gasteiger partial charge on any atom is 0.319 e. The molecule has 1 saturated heterocycles. The topological polar surface area (TPSA) is 61.4 Å². The average Bonchev–Trinajstić information content (AvgIpc) is 2.94. The fourth-order valence-electron chi connectivity index (χ4n) is 3.35. The zero-order valence-corrected chi connectivity index (χ0v) is 15.5. The molecule has 1 aliphatic heterocycles. The molecule has 3 rings (SSSR count). The van der Waals surface area contributed by atoms with Crippen LogP contribution in [0.2, 0.25) is 0 Å². The molecule has 0 spiro atoms. The first kappa shape index (κ1) is 18.0. The Hall–Kier alpha value is -2.82. The van der Waals surface area contributed by atoms with E-state index in [9.17, 15) is 9.59 Å². The van der Waals surface area contributed by atoms with Crippen molar-refractivity contribution in [3.8, 4) is 0 Å². The number of nitrogens with zero attached hydrogens (tertiary/aromatic N) is 1. The fraction of sp³-hybridized carbons (Fsp3) is 0.333. The Morgan fingerprint density at radius 1 is 1.04 bits per heavy atom. The van der Waals surface area contributed by atoms with E-state index in [1.54, 1.807) is 4.90 Å². The summed E-state index contributed by atoms with van der Waals surface area (Å²) < 4.78 is 0. The van der Waals surface area contributed by atoms with E-state index in [0.29, 0.717) is 19.5 Å². The maximum atomic E-state index is 12.3. The van der Waals surface area contributed by atoms with E-state index in [1.165, 1.54) is 5.56 Å². The van der Waals surface area contributed by atoms with Crippen molar-refractivity contribution in [1.29, 1.82) is 0 Å². The van der Waals surface area contributed by atoms with Gasteiger partial charge in [-0.15, -0.1) is 0 Å². The third-order valence-corrected chi connectivity index (χ3v) is 4.58. The number of anilines is 2. The van der Waals surface area contributed by atoms with Gasteiger partial charge in [0.2, 0.25) is 5.91 Å². The molecule has 0 aliphatic carbocycles. The highest BCUT2D eigenvalue weighted by Crippen LogP contribution is 2.25. The summed E-state index contributed by atoms with van der Waals surface area (Å²) >= 11 is 0. The van der Waals surface area contributed by atoms with E-state index in [-0.39, 0.29) is 17.9 Å². The van der Waals surface area contributed by atoms with Gasteiger partial charge >= 0.3 is 6.03 Å². The highest BCUT2D eigenvalue weighted by molar-refractivity contribution is 5.96. The van der Waals surface area contributed by atoms with Crippen LogP contribution in [0, 0.1) is 26.7 Å². The van der Waals surface area contributed by atoms with Gasteiger partial charge in [-0.05, 0) is 56.2 Å². The highest BCUT2D eigenvalue weighted by atomic mass is 16.2. The Bertz CT molecular complexity index is 794. The van der Waals surface area contributed by atoms with Gasteiger partial charge in [-0.1, -0.05) is 23.8 Å². The number of aryl methyl sites for hydroxylation is 3. The molecular weight excluding hydrogens is 326 g/mol. The van der Waals surface area contributed by atoms with Crippen LogP contribution in [0.15, 0.2) is 42.5 Å².